The van der Waals surface area contributed by atoms with Crippen LogP contribution in [0.25, 0.3) is 0 Å². The first-order valence-electron chi connectivity index (χ1n) is 9.69. The third kappa shape index (κ3) is 5.88. The van der Waals surface area contributed by atoms with Crippen LogP contribution in [0.5, 0.6) is 0 Å². The van der Waals surface area contributed by atoms with E-state index >= 15 is 0 Å². The number of ether oxygens (including phenoxy) is 1. The molecular weight excluding hydrogens is 473 g/mol. The normalized spacial score (nSPS) is 16.4. The molecule has 1 atom stereocenters. The van der Waals surface area contributed by atoms with Gasteiger partial charge in [0.05, 0.1) is 19.4 Å². The fraction of sp³-hybridized carbons (Fsp3) is 0.200. The predicted octanol–water partition coefficient (Wildman–Crippen LogP) is 2.63. The van der Waals surface area contributed by atoms with Gasteiger partial charge in [-0.05, 0) is 24.3 Å². The van der Waals surface area contributed by atoms with Crippen molar-refractivity contribution in [3.05, 3.63) is 65.6 Å². The Labute approximate surface area is 192 Å². The largest absolute Gasteiger partial charge is 0.389 e. The van der Waals surface area contributed by atoms with Gasteiger partial charge in [0.25, 0.3) is 15.9 Å². The maximum Gasteiger partial charge on any atom is 0.280 e. The average Bonchev–Trinajstić information content (AvgIpc) is 3.47. The number of aromatic nitrogens is 2. The first kappa shape index (κ1) is 22.8. The molecule has 1 aliphatic rings. The lowest BCUT2D eigenvalue weighted by Crippen LogP contribution is -2.25. The van der Waals surface area contributed by atoms with Crippen molar-refractivity contribution in [2.75, 3.05) is 23.3 Å². The summed E-state index contributed by atoms with van der Waals surface area (Å²) in [5.41, 5.74) is 0.525. The fourth-order valence-corrected chi connectivity index (χ4v) is 4.37. The molecule has 1 fully saturated rings. The first-order valence-corrected chi connectivity index (χ1v) is 12.0. The van der Waals surface area contributed by atoms with E-state index < -0.39 is 21.1 Å². The number of anilines is 2. The SMILES string of the molecule is O=C(Nc1ncc(F)s1)C(=NO[C@@H]1CCOC1)c1ccc(NS(=O)(=O)c2ccccn2)cc1. The van der Waals surface area contributed by atoms with Gasteiger partial charge in [0.1, 0.15) is 0 Å². The van der Waals surface area contributed by atoms with Crippen LogP contribution in [0.1, 0.15) is 12.0 Å². The van der Waals surface area contributed by atoms with Crippen LogP contribution in [0.3, 0.4) is 0 Å². The van der Waals surface area contributed by atoms with Gasteiger partial charge in [-0.1, -0.05) is 34.7 Å². The zero-order valence-corrected chi connectivity index (χ0v) is 18.6. The highest BCUT2D eigenvalue weighted by atomic mass is 32.2. The number of halogens is 1. The Balaban J connectivity index is 1.54. The molecule has 0 spiro atoms. The Morgan fingerprint density at radius 1 is 1.21 bits per heavy atom. The van der Waals surface area contributed by atoms with Gasteiger partial charge in [-0.2, -0.15) is 12.8 Å². The van der Waals surface area contributed by atoms with Crippen LogP contribution in [-0.2, 0) is 24.4 Å². The quantitative estimate of drug-likeness (QED) is 0.366. The van der Waals surface area contributed by atoms with E-state index in [1.807, 2.05) is 0 Å². The van der Waals surface area contributed by atoms with Crippen LogP contribution in [0.2, 0.25) is 0 Å². The second kappa shape index (κ2) is 10.0. The summed E-state index contributed by atoms with van der Waals surface area (Å²) in [6.45, 7) is 0.884. The zero-order valence-electron chi connectivity index (χ0n) is 17.0. The molecule has 10 nitrogen and oxygen atoms in total. The minimum atomic E-state index is -3.87. The molecule has 1 amide bonds. The minimum absolute atomic E-state index is 0.0640. The molecule has 3 aromatic rings. The lowest BCUT2D eigenvalue weighted by molar-refractivity contribution is -0.110. The summed E-state index contributed by atoms with van der Waals surface area (Å²) in [4.78, 5) is 25.8. The van der Waals surface area contributed by atoms with Crippen LogP contribution in [0.4, 0.5) is 15.2 Å². The van der Waals surface area contributed by atoms with Crippen molar-refractivity contribution < 1.29 is 27.2 Å². The number of rotatable bonds is 8. The molecule has 0 aliphatic carbocycles. The molecule has 0 bridgehead atoms. The molecule has 0 saturated carbocycles. The summed E-state index contributed by atoms with van der Waals surface area (Å²) in [5.74, 6) is -0.662. The van der Waals surface area contributed by atoms with Crippen molar-refractivity contribution in [1.82, 2.24) is 9.97 Å². The molecule has 0 radical (unpaired) electrons. The smallest absolute Gasteiger partial charge is 0.280 e. The maximum atomic E-state index is 13.2. The van der Waals surface area contributed by atoms with Gasteiger partial charge in [-0.15, -0.1) is 0 Å². The van der Waals surface area contributed by atoms with Crippen molar-refractivity contribution in [3.8, 4) is 0 Å². The zero-order chi connectivity index (χ0) is 23.3. The summed E-state index contributed by atoms with van der Waals surface area (Å²) < 4.78 is 45.8. The molecule has 4 rings (SSSR count). The first-order chi connectivity index (χ1) is 15.9. The summed E-state index contributed by atoms with van der Waals surface area (Å²) in [7, 11) is -3.87. The van der Waals surface area contributed by atoms with E-state index in [1.165, 1.54) is 36.5 Å². The number of thiazole rings is 1. The number of nitrogens with zero attached hydrogens (tertiary/aromatic N) is 3. The van der Waals surface area contributed by atoms with Gasteiger partial charge in [-0.25, -0.2) is 9.97 Å². The highest BCUT2D eigenvalue weighted by Gasteiger charge is 2.22. The topological polar surface area (TPSA) is 132 Å². The Bertz CT molecular complexity index is 1240. The molecule has 172 valence electrons. The van der Waals surface area contributed by atoms with Crippen molar-refractivity contribution in [3.63, 3.8) is 0 Å². The maximum absolute atomic E-state index is 13.2. The molecule has 13 heteroatoms. The predicted molar refractivity (Wildman–Crippen MR) is 119 cm³/mol. The molecule has 1 aliphatic heterocycles. The Morgan fingerprint density at radius 2 is 2.03 bits per heavy atom. The molecule has 1 aromatic carbocycles. The molecule has 3 heterocycles. The summed E-state index contributed by atoms with van der Waals surface area (Å²) in [5, 5.41) is 5.86. The number of sulfonamides is 1. The Kier molecular flexibility index (Phi) is 6.91. The summed E-state index contributed by atoms with van der Waals surface area (Å²) in [6.07, 6.45) is 2.70. The van der Waals surface area contributed by atoms with E-state index in [0.717, 1.165) is 6.20 Å². The van der Waals surface area contributed by atoms with Gasteiger partial charge in [-0.3, -0.25) is 14.8 Å². The van der Waals surface area contributed by atoms with Crippen LogP contribution >= 0.6 is 11.3 Å². The monoisotopic (exact) mass is 491 g/mol. The second-order valence-electron chi connectivity index (χ2n) is 6.81. The van der Waals surface area contributed by atoms with E-state index in [-0.39, 0.29) is 27.7 Å². The molecule has 1 saturated heterocycles. The van der Waals surface area contributed by atoms with Crippen molar-refractivity contribution in [2.45, 2.75) is 17.6 Å². The summed E-state index contributed by atoms with van der Waals surface area (Å²) >= 11 is 0.671. The fourth-order valence-electron chi connectivity index (χ4n) is 2.83. The van der Waals surface area contributed by atoms with E-state index in [1.54, 1.807) is 12.1 Å². The van der Waals surface area contributed by atoms with E-state index in [0.29, 0.717) is 36.5 Å². The number of amides is 1. The van der Waals surface area contributed by atoms with E-state index in [4.69, 9.17) is 9.57 Å². The number of carbonyl (C=O) groups excluding carboxylic acids is 1. The lowest BCUT2D eigenvalue weighted by Gasteiger charge is -2.11. The number of pyridine rings is 1. The van der Waals surface area contributed by atoms with Crippen molar-refractivity contribution >= 4 is 43.8 Å². The third-order valence-electron chi connectivity index (χ3n) is 4.42. The molecule has 0 unspecified atom stereocenters. The number of benzene rings is 1. The highest BCUT2D eigenvalue weighted by Crippen LogP contribution is 2.19. The highest BCUT2D eigenvalue weighted by molar-refractivity contribution is 7.92. The van der Waals surface area contributed by atoms with Gasteiger partial charge in [0.2, 0.25) is 0 Å². The van der Waals surface area contributed by atoms with E-state index in [9.17, 15) is 17.6 Å². The lowest BCUT2D eigenvalue weighted by atomic mass is 10.1. The summed E-state index contributed by atoms with van der Waals surface area (Å²) in [6, 6.07) is 10.5. The molecule has 2 aromatic heterocycles. The number of carbonyl (C=O) groups is 1. The molecule has 2 N–H and O–H groups in total. The molecule has 33 heavy (non-hydrogen) atoms. The number of hydrogen-bond donors (Lipinski definition) is 2. The molecular formula is C20H18FN5O5S2. The van der Waals surface area contributed by atoms with Gasteiger partial charge < -0.3 is 9.57 Å². The van der Waals surface area contributed by atoms with Crippen LogP contribution in [-0.4, -0.2) is 49.3 Å². The Morgan fingerprint density at radius 3 is 2.67 bits per heavy atom. The second-order valence-corrected chi connectivity index (χ2v) is 9.42. The van der Waals surface area contributed by atoms with E-state index in [2.05, 4.69) is 25.2 Å². The van der Waals surface area contributed by atoms with Crippen LogP contribution < -0.4 is 10.0 Å². The third-order valence-corrected chi connectivity index (χ3v) is 6.42. The van der Waals surface area contributed by atoms with Gasteiger partial charge in [0.15, 0.2) is 27.1 Å². The minimum Gasteiger partial charge on any atom is -0.389 e. The standard InChI is InChI=1S/C20H18FN5O5S2/c21-16-11-23-20(32-16)24-19(27)18(25-31-15-8-10-30-12-15)13-4-6-14(7-5-13)26-33(28,29)17-3-1-2-9-22-17/h1-7,9,11,15,26H,8,10,12H2,(H,23,24,27)/t15-/m1/s1. The van der Waals surface area contributed by atoms with Crippen LogP contribution in [0, 0.1) is 5.13 Å². The Hall–Kier alpha value is -3.42. The average molecular weight is 492 g/mol. The van der Waals surface area contributed by atoms with Crippen molar-refractivity contribution in [1.29, 1.82) is 0 Å². The number of nitrogens with one attached hydrogen (secondary N) is 2. The van der Waals surface area contributed by atoms with Crippen LogP contribution in [0.15, 0.2) is 65.0 Å². The van der Waals surface area contributed by atoms with Gasteiger partial charge >= 0.3 is 0 Å². The number of hydrogen-bond acceptors (Lipinski definition) is 9. The van der Waals surface area contributed by atoms with Gasteiger partial charge in [0, 0.05) is 23.9 Å². The number of oxime groups is 1. The van der Waals surface area contributed by atoms with Crippen molar-refractivity contribution in [2.24, 2.45) is 5.16 Å².